The van der Waals surface area contributed by atoms with Gasteiger partial charge < -0.3 is 0 Å². The summed E-state index contributed by atoms with van der Waals surface area (Å²) in [6.07, 6.45) is 1.74. The van der Waals surface area contributed by atoms with Crippen molar-refractivity contribution in [3.05, 3.63) is 53.1 Å². The average Bonchev–Trinajstić information content (AvgIpc) is 3.21. The molecule has 1 N–H and O–H groups in total. The van der Waals surface area contributed by atoms with Gasteiger partial charge in [0, 0.05) is 17.8 Å². The lowest BCUT2D eigenvalue weighted by Crippen LogP contribution is -2.16. The van der Waals surface area contributed by atoms with Crippen molar-refractivity contribution in [3.63, 3.8) is 0 Å². The molecule has 0 unspecified atom stereocenters. The Balaban J connectivity index is 1.70. The fourth-order valence-corrected chi connectivity index (χ4v) is 2.76. The van der Waals surface area contributed by atoms with Gasteiger partial charge in [-0.05, 0) is 45.0 Å². The smallest absolute Gasteiger partial charge is 0.249 e. The average molecular weight is 349 g/mol. The molecule has 0 aliphatic heterocycles. The minimum atomic E-state index is -0.190. The Kier molecular flexibility index (Phi) is 4.80. The molecule has 26 heavy (non-hydrogen) atoms. The van der Waals surface area contributed by atoms with E-state index >= 15 is 0 Å². The number of carbonyl (C=O) groups is 1. The first kappa shape index (κ1) is 17.4. The van der Waals surface area contributed by atoms with Gasteiger partial charge in [0.25, 0.3) is 0 Å². The second kappa shape index (κ2) is 7.19. The van der Waals surface area contributed by atoms with E-state index in [0.717, 1.165) is 29.2 Å². The molecule has 8 heteroatoms. The maximum absolute atomic E-state index is 12.3. The van der Waals surface area contributed by atoms with E-state index in [2.05, 4.69) is 26.6 Å². The van der Waals surface area contributed by atoms with Gasteiger partial charge in [0.05, 0.1) is 29.4 Å². The fourth-order valence-electron chi connectivity index (χ4n) is 2.76. The van der Waals surface area contributed by atoms with Crippen LogP contribution in [0.15, 0.2) is 30.6 Å². The molecular weight excluding hydrogens is 330 g/mol. The zero-order chi connectivity index (χ0) is 18.7. The molecule has 3 aromatic rings. The predicted octanol–water partition coefficient (Wildman–Crippen LogP) is 2.15. The van der Waals surface area contributed by atoms with Gasteiger partial charge in [-0.25, -0.2) is 4.68 Å². The molecule has 0 bridgehead atoms. The number of amides is 1. The zero-order valence-corrected chi connectivity index (χ0v) is 14.9. The number of hydrogen-bond acceptors (Lipinski definition) is 5. The molecule has 0 aliphatic rings. The largest absolute Gasteiger partial charge is 0.293 e. The summed E-state index contributed by atoms with van der Waals surface area (Å²) < 4.78 is 3.43. The van der Waals surface area contributed by atoms with Crippen LogP contribution >= 0.6 is 0 Å². The highest BCUT2D eigenvalue weighted by atomic mass is 16.1. The van der Waals surface area contributed by atoms with Crippen molar-refractivity contribution >= 4 is 11.9 Å². The first-order valence-corrected chi connectivity index (χ1v) is 8.26. The van der Waals surface area contributed by atoms with Gasteiger partial charge in [-0.15, -0.1) is 5.10 Å². The zero-order valence-electron chi connectivity index (χ0n) is 14.9. The molecule has 0 aliphatic carbocycles. The van der Waals surface area contributed by atoms with Gasteiger partial charge in [0.1, 0.15) is 6.33 Å². The number of aryl methyl sites for hydroxylation is 2. The Morgan fingerprint density at radius 2 is 1.96 bits per heavy atom. The van der Waals surface area contributed by atoms with E-state index in [-0.39, 0.29) is 18.3 Å². The van der Waals surface area contributed by atoms with E-state index in [1.54, 1.807) is 28.9 Å². The molecule has 3 rings (SSSR count). The van der Waals surface area contributed by atoms with Crippen LogP contribution in [0.4, 0.5) is 5.95 Å². The third-order valence-electron chi connectivity index (χ3n) is 4.17. The molecule has 0 saturated heterocycles. The molecule has 2 heterocycles. The standard InChI is InChI=1S/C18H19N7O/c1-4-24-13(3)16(12(2)22-24)9-17(26)21-18-20-11-25(23-18)15-7-5-14(10-19)6-8-15/h5-8,11H,4,9H2,1-3H3,(H,21,23,26). The van der Waals surface area contributed by atoms with Crippen LogP contribution in [0.5, 0.6) is 0 Å². The van der Waals surface area contributed by atoms with Crippen LogP contribution in [0.2, 0.25) is 0 Å². The molecule has 0 fully saturated rings. The normalized spacial score (nSPS) is 10.5. The lowest BCUT2D eigenvalue weighted by molar-refractivity contribution is -0.115. The molecule has 0 radical (unpaired) electrons. The molecule has 1 aromatic carbocycles. The minimum Gasteiger partial charge on any atom is -0.293 e. The SMILES string of the molecule is CCn1nc(C)c(CC(=O)Nc2ncn(-c3ccc(C#N)cc3)n2)c1C. The van der Waals surface area contributed by atoms with Crippen LogP contribution < -0.4 is 5.32 Å². The van der Waals surface area contributed by atoms with Crippen molar-refractivity contribution in [1.29, 1.82) is 5.26 Å². The van der Waals surface area contributed by atoms with Crippen LogP contribution in [-0.4, -0.2) is 30.5 Å². The Hall–Kier alpha value is -3.47. The van der Waals surface area contributed by atoms with E-state index in [1.165, 1.54) is 6.33 Å². The highest BCUT2D eigenvalue weighted by Gasteiger charge is 2.15. The Morgan fingerprint density at radius 1 is 1.23 bits per heavy atom. The summed E-state index contributed by atoms with van der Waals surface area (Å²) in [5.41, 5.74) is 4.11. The van der Waals surface area contributed by atoms with Crippen molar-refractivity contribution in [2.45, 2.75) is 33.7 Å². The van der Waals surface area contributed by atoms with Gasteiger partial charge in [-0.2, -0.15) is 15.3 Å². The molecule has 2 aromatic heterocycles. The summed E-state index contributed by atoms with van der Waals surface area (Å²) in [7, 11) is 0. The van der Waals surface area contributed by atoms with E-state index in [4.69, 9.17) is 5.26 Å². The third kappa shape index (κ3) is 3.47. The number of aromatic nitrogens is 5. The van der Waals surface area contributed by atoms with Gasteiger partial charge in [0.15, 0.2) is 0 Å². The van der Waals surface area contributed by atoms with Gasteiger partial charge in [-0.3, -0.25) is 14.8 Å². The van der Waals surface area contributed by atoms with Crippen LogP contribution in [0.3, 0.4) is 0 Å². The van der Waals surface area contributed by atoms with Crippen molar-refractivity contribution in [2.75, 3.05) is 5.32 Å². The summed E-state index contributed by atoms with van der Waals surface area (Å²) in [5, 5.41) is 20.2. The third-order valence-corrected chi connectivity index (χ3v) is 4.17. The van der Waals surface area contributed by atoms with Gasteiger partial charge >= 0.3 is 0 Å². The summed E-state index contributed by atoms with van der Waals surface area (Å²) in [4.78, 5) is 16.5. The summed E-state index contributed by atoms with van der Waals surface area (Å²) >= 11 is 0. The first-order chi connectivity index (χ1) is 12.5. The first-order valence-electron chi connectivity index (χ1n) is 8.26. The molecule has 0 spiro atoms. The van der Waals surface area contributed by atoms with E-state index < -0.39 is 0 Å². The number of nitrogens with one attached hydrogen (secondary N) is 1. The maximum Gasteiger partial charge on any atom is 0.249 e. The number of nitrogens with zero attached hydrogens (tertiary/aromatic N) is 6. The Morgan fingerprint density at radius 3 is 2.58 bits per heavy atom. The number of anilines is 1. The monoisotopic (exact) mass is 349 g/mol. The Bertz CT molecular complexity index is 976. The van der Waals surface area contributed by atoms with E-state index in [0.29, 0.717) is 5.56 Å². The van der Waals surface area contributed by atoms with Crippen LogP contribution in [0, 0.1) is 25.2 Å². The summed E-state index contributed by atoms with van der Waals surface area (Å²) in [5.74, 6) is 0.0435. The van der Waals surface area contributed by atoms with E-state index in [1.807, 2.05) is 25.5 Å². The second-order valence-electron chi connectivity index (χ2n) is 5.86. The predicted molar refractivity (Wildman–Crippen MR) is 95.8 cm³/mol. The molecular formula is C18H19N7O. The van der Waals surface area contributed by atoms with Crippen molar-refractivity contribution in [3.8, 4) is 11.8 Å². The molecule has 0 atom stereocenters. The van der Waals surface area contributed by atoms with Gasteiger partial charge in [0.2, 0.25) is 11.9 Å². The number of carbonyl (C=O) groups excluding carboxylic acids is 1. The van der Waals surface area contributed by atoms with Crippen LogP contribution in [0.25, 0.3) is 5.69 Å². The number of hydrogen-bond donors (Lipinski definition) is 1. The number of benzene rings is 1. The lowest BCUT2D eigenvalue weighted by Gasteiger charge is -2.03. The molecule has 8 nitrogen and oxygen atoms in total. The van der Waals surface area contributed by atoms with Crippen molar-refractivity contribution in [1.82, 2.24) is 24.5 Å². The maximum atomic E-state index is 12.3. The quantitative estimate of drug-likeness (QED) is 0.760. The highest BCUT2D eigenvalue weighted by Crippen LogP contribution is 2.15. The van der Waals surface area contributed by atoms with Crippen LogP contribution in [-0.2, 0) is 17.8 Å². The fraction of sp³-hybridized carbons (Fsp3) is 0.278. The highest BCUT2D eigenvalue weighted by molar-refractivity contribution is 5.90. The number of rotatable bonds is 5. The topological polar surface area (TPSA) is 101 Å². The summed E-state index contributed by atoms with van der Waals surface area (Å²) in [6, 6.07) is 9.00. The molecule has 0 saturated carbocycles. The second-order valence-corrected chi connectivity index (χ2v) is 5.86. The van der Waals surface area contributed by atoms with Gasteiger partial charge in [-0.1, -0.05) is 0 Å². The lowest BCUT2D eigenvalue weighted by atomic mass is 10.1. The summed E-state index contributed by atoms with van der Waals surface area (Å²) in [6.45, 7) is 6.65. The van der Waals surface area contributed by atoms with Crippen molar-refractivity contribution in [2.24, 2.45) is 0 Å². The molecule has 1 amide bonds. The Labute approximate surface area is 151 Å². The molecule has 132 valence electrons. The van der Waals surface area contributed by atoms with Crippen LogP contribution in [0.1, 0.15) is 29.4 Å². The minimum absolute atomic E-state index is 0.190. The van der Waals surface area contributed by atoms with E-state index in [9.17, 15) is 4.79 Å². The van der Waals surface area contributed by atoms with Crippen molar-refractivity contribution < 1.29 is 4.79 Å². The number of nitriles is 1.